The van der Waals surface area contributed by atoms with Gasteiger partial charge >= 0.3 is 0 Å². The Labute approximate surface area is 133 Å². The fourth-order valence-corrected chi connectivity index (χ4v) is 3.57. The van der Waals surface area contributed by atoms with E-state index in [-0.39, 0.29) is 16.0 Å². The molecule has 23 heavy (non-hydrogen) atoms. The highest BCUT2D eigenvalue weighted by Gasteiger charge is 2.28. The number of sulfonamides is 1. The number of amides is 2. The molecule has 2 aromatic rings. The van der Waals surface area contributed by atoms with Gasteiger partial charge in [0, 0.05) is 0 Å². The van der Waals surface area contributed by atoms with E-state index >= 15 is 0 Å². The van der Waals surface area contributed by atoms with Gasteiger partial charge in [0.1, 0.15) is 0 Å². The third kappa shape index (κ3) is 2.70. The first kappa shape index (κ1) is 15.2. The molecule has 2 N–H and O–H groups in total. The van der Waals surface area contributed by atoms with Gasteiger partial charge in [0.25, 0.3) is 21.8 Å². The molecule has 2 aromatic carbocycles. The Morgan fingerprint density at radius 3 is 2.43 bits per heavy atom. The number of aryl methyl sites for hydroxylation is 1. The summed E-state index contributed by atoms with van der Waals surface area (Å²) in [4.78, 5) is 23.1. The van der Waals surface area contributed by atoms with Crippen LogP contribution in [0.15, 0.2) is 47.4 Å². The molecule has 0 radical (unpaired) electrons. The number of imide groups is 1. The fraction of sp³-hybridized carbons (Fsp3) is 0.125. The molecule has 6 nitrogen and oxygen atoms in total. The number of nitrogens with one attached hydrogen (secondary N) is 2. The van der Waals surface area contributed by atoms with E-state index in [9.17, 15) is 18.0 Å². The minimum absolute atomic E-state index is 0.0630. The molecule has 0 saturated heterocycles. The quantitative estimate of drug-likeness (QED) is 0.838. The van der Waals surface area contributed by atoms with Gasteiger partial charge in [-0.2, -0.15) is 0 Å². The van der Waals surface area contributed by atoms with Crippen LogP contribution < -0.4 is 10.0 Å². The standard InChI is InChI=1S/C16H14N2O4S/c1-2-10-5-3-4-6-14(10)18-23(21,22)11-7-8-12-13(9-11)16(20)17-15(12)19/h3-9,18H,2H2,1H3,(H,17,19,20). The summed E-state index contributed by atoms with van der Waals surface area (Å²) in [5, 5.41) is 2.14. The Kier molecular flexibility index (Phi) is 3.65. The van der Waals surface area contributed by atoms with Gasteiger partial charge in [0.15, 0.2) is 0 Å². The lowest BCUT2D eigenvalue weighted by Gasteiger charge is -2.12. The predicted octanol–water partition coefficient (Wildman–Crippen LogP) is 1.93. The van der Waals surface area contributed by atoms with Crippen LogP contribution in [0.1, 0.15) is 33.2 Å². The van der Waals surface area contributed by atoms with E-state index in [2.05, 4.69) is 10.0 Å². The fourth-order valence-electron chi connectivity index (χ4n) is 2.45. The van der Waals surface area contributed by atoms with Crippen molar-refractivity contribution < 1.29 is 18.0 Å². The number of para-hydroxylation sites is 1. The van der Waals surface area contributed by atoms with E-state index in [4.69, 9.17) is 0 Å². The Morgan fingerprint density at radius 2 is 1.70 bits per heavy atom. The van der Waals surface area contributed by atoms with E-state index in [1.807, 2.05) is 19.1 Å². The minimum Gasteiger partial charge on any atom is -0.288 e. The number of fused-ring (bicyclic) bond motifs is 1. The number of anilines is 1. The molecule has 7 heteroatoms. The minimum atomic E-state index is -3.85. The summed E-state index contributed by atoms with van der Waals surface area (Å²) in [6, 6.07) is 11.0. The van der Waals surface area contributed by atoms with Crippen LogP contribution >= 0.6 is 0 Å². The molecular formula is C16H14N2O4S. The van der Waals surface area contributed by atoms with Gasteiger partial charge in [-0.15, -0.1) is 0 Å². The average molecular weight is 330 g/mol. The van der Waals surface area contributed by atoms with Crippen LogP contribution in [0.25, 0.3) is 0 Å². The Bertz CT molecular complexity index is 919. The molecule has 118 valence electrons. The first-order valence-corrected chi connectivity index (χ1v) is 8.51. The van der Waals surface area contributed by atoms with Crippen LogP contribution in [-0.4, -0.2) is 20.2 Å². The maximum atomic E-state index is 12.5. The lowest BCUT2D eigenvalue weighted by Crippen LogP contribution is -2.20. The molecule has 1 aliphatic rings. The van der Waals surface area contributed by atoms with Crippen molar-refractivity contribution >= 4 is 27.5 Å². The monoisotopic (exact) mass is 330 g/mol. The first-order valence-electron chi connectivity index (χ1n) is 7.03. The van der Waals surface area contributed by atoms with E-state index in [0.717, 1.165) is 5.56 Å². The van der Waals surface area contributed by atoms with Gasteiger partial charge in [-0.05, 0) is 36.2 Å². The predicted molar refractivity (Wildman–Crippen MR) is 84.9 cm³/mol. The summed E-state index contributed by atoms with van der Waals surface area (Å²) < 4.78 is 27.6. The topological polar surface area (TPSA) is 92.3 Å². The summed E-state index contributed by atoms with van der Waals surface area (Å²) in [7, 11) is -3.85. The zero-order chi connectivity index (χ0) is 16.6. The van der Waals surface area contributed by atoms with Crippen LogP contribution in [0.5, 0.6) is 0 Å². The lowest BCUT2D eigenvalue weighted by atomic mass is 10.1. The summed E-state index contributed by atoms with van der Waals surface area (Å²) >= 11 is 0. The summed E-state index contributed by atoms with van der Waals surface area (Å²) in [5.41, 5.74) is 1.62. The van der Waals surface area contributed by atoms with Gasteiger partial charge in [-0.25, -0.2) is 8.42 Å². The second-order valence-corrected chi connectivity index (χ2v) is 6.79. The van der Waals surface area contributed by atoms with Crippen molar-refractivity contribution in [2.45, 2.75) is 18.2 Å². The van der Waals surface area contributed by atoms with E-state index < -0.39 is 21.8 Å². The zero-order valence-corrected chi connectivity index (χ0v) is 13.1. The molecule has 3 rings (SSSR count). The molecule has 0 fully saturated rings. The number of hydrogen-bond acceptors (Lipinski definition) is 4. The van der Waals surface area contributed by atoms with Gasteiger partial charge in [0.05, 0.1) is 21.7 Å². The summed E-state index contributed by atoms with van der Waals surface area (Å²) in [6.07, 6.45) is 0.680. The molecule has 0 bridgehead atoms. The van der Waals surface area contributed by atoms with Crippen molar-refractivity contribution in [3.05, 3.63) is 59.2 Å². The van der Waals surface area contributed by atoms with Gasteiger partial charge in [0.2, 0.25) is 0 Å². The maximum Gasteiger partial charge on any atom is 0.261 e. The largest absolute Gasteiger partial charge is 0.288 e. The van der Waals surface area contributed by atoms with Crippen molar-refractivity contribution in [2.24, 2.45) is 0 Å². The molecule has 0 aliphatic carbocycles. The Balaban J connectivity index is 2.00. The van der Waals surface area contributed by atoms with Crippen LogP contribution in [0.3, 0.4) is 0 Å². The third-order valence-corrected chi connectivity index (χ3v) is 5.02. The molecular weight excluding hydrogens is 316 g/mol. The Hall–Kier alpha value is -2.67. The molecule has 2 amide bonds. The van der Waals surface area contributed by atoms with Crippen molar-refractivity contribution in [1.82, 2.24) is 5.32 Å². The molecule has 0 spiro atoms. The first-order chi connectivity index (χ1) is 10.9. The van der Waals surface area contributed by atoms with Crippen molar-refractivity contribution in [3.63, 3.8) is 0 Å². The van der Waals surface area contributed by atoms with E-state index in [1.54, 1.807) is 12.1 Å². The molecule has 0 atom stereocenters. The highest BCUT2D eigenvalue weighted by Crippen LogP contribution is 2.24. The van der Waals surface area contributed by atoms with Crippen LogP contribution in [0.4, 0.5) is 5.69 Å². The van der Waals surface area contributed by atoms with Crippen LogP contribution in [-0.2, 0) is 16.4 Å². The number of rotatable bonds is 4. The van der Waals surface area contributed by atoms with Gasteiger partial charge in [-0.3, -0.25) is 19.6 Å². The molecule has 1 aliphatic heterocycles. The highest BCUT2D eigenvalue weighted by molar-refractivity contribution is 7.92. The average Bonchev–Trinajstić information content (AvgIpc) is 2.82. The van der Waals surface area contributed by atoms with Gasteiger partial charge < -0.3 is 0 Å². The lowest BCUT2D eigenvalue weighted by molar-refractivity contribution is 0.0879. The second-order valence-electron chi connectivity index (χ2n) is 5.11. The van der Waals surface area contributed by atoms with Crippen LogP contribution in [0.2, 0.25) is 0 Å². The molecule has 0 saturated carbocycles. The number of carbonyl (C=O) groups is 2. The van der Waals surface area contributed by atoms with E-state index in [0.29, 0.717) is 12.1 Å². The highest BCUT2D eigenvalue weighted by atomic mass is 32.2. The molecule has 1 heterocycles. The number of benzene rings is 2. The number of hydrogen-bond donors (Lipinski definition) is 2. The SMILES string of the molecule is CCc1ccccc1NS(=O)(=O)c1ccc2c(c1)C(=O)NC2=O. The van der Waals surface area contributed by atoms with Crippen LogP contribution in [0, 0.1) is 0 Å². The third-order valence-electron chi connectivity index (χ3n) is 3.66. The zero-order valence-electron chi connectivity index (χ0n) is 12.3. The normalized spacial score (nSPS) is 13.6. The van der Waals surface area contributed by atoms with Crippen molar-refractivity contribution in [3.8, 4) is 0 Å². The van der Waals surface area contributed by atoms with E-state index in [1.165, 1.54) is 18.2 Å². The van der Waals surface area contributed by atoms with Crippen molar-refractivity contribution in [1.29, 1.82) is 0 Å². The van der Waals surface area contributed by atoms with Gasteiger partial charge in [-0.1, -0.05) is 25.1 Å². The molecule has 0 aromatic heterocycles. The summed E-state index contributed by atoms with van der Waals surface area (Å²) in [5.74, 6) is -1.10. The Morgan fingerprint density at radius 1 is 1.00 bits per heavy atom. The summed E-state index contributed by atoms with van der Waals surface area (Å²) in [6.45, 7) is 1.93. The molecule has 0 unspecified atom stereocenters. The smallest absolute Gasteiger partial charge is 0.261 e. The number of carbonyl (C=O) groups excluding carboxylic acids is 2. The second kappa shape index (κ2) is 5.51. The maximum absolute atomic E-state index is 12.5. The van der Waals surface area contributed by atoms with Crippen molar-refractivity contribution in [2.75, 3.05) is 4.72 Å².